The molecule has 0 saturated heterocycles. The van der Waals surface area contributed by atoms with Gasteiger partial charge in [0.25, 0.3) is 0 Å². The van der Waals surface area contributed by atoms with Crippen molar-refractivity contribution in [3.05, 3.63) is 46.6 Å². The molecule has 2 rings (SSSR count). The maximum atomic E-state index is 6.06. The zero-order chi connectivity index (χ0) is 12.3. The molecule has 1 atom stereocenters. The summed E-state index contributed by atoms with van der Waals surface area (Å²) >= 11 is 6.06. The minimum Gasteiger partial charge on any atom is -0.338 e. The van der Waals surface area contributed by atoms with Crippen LogP contribution in [-0.4, -0.2) is 10.1 Å². The van der Waals surface area contributed by atoms with Crippen molar-refractivity contribution in [3.63, 3.8) is 0 Å². The van der Waals surface area contributed by atoms with Gasteiger partial charge in [0.05, 0.1) is 6.04 Å². The molecule has 18 heavy (non-hydrogen) atoms. The van der Waals surface area contributed by atoms with Gasteiger partial charge in [0.2, 0.25) is 5.89 Å². The Hall–Kier alpha value is -1.10. The van der Waals surface area contributed by atoms with E-state index < -0.39 is 0 Å². The van der Waals surface area contributed by atoms with Crippen molar-refractivity contribution >= 4 is 24.0 Å². The summed E-state index contributed by atoms with van der Waals surface area (Å²) < 4.78 is 5.10. The molecule has 6 heteroatoms. The van der Waals surface area contributed by atoms with Gasteiger partial charge in [0.1, 0.15) is 0 Å². The summed E-state index contributed by atoms with van der Waals surface area (Å²) in [5, 5.41) is 4.60. The zero-order valence-corrected chi connectivity index (χ0v) is 11.5. The lowest BCUT2D eigenvalue weighted by Crippen LogP contribution is -2.08. The van der Waals surface area contributed by atoms with E-state index in [1.54, 1.807) is 0 Å². The monoisotopic (exact) mass is 287 g/mol. The molecule has 2 aromatic rings. The van der Waals surface area contributed by atoms with Crippen LogP contribution in [-0.2, 0) is 6.42 Å². The van der Waals surface area contributed by atoms with E-state index in [1.165, 1.54) is 0 Å². The average molecular weight is 288 g/mol. The van der Waals surface area contributed by atoms with Gasteiger partial charge in [-0.1, -0.05) is 41.9 Å². The molecule has 2 N–H and O–H groups in total. The van der Waals surface area contributed by atoms with Crippen LogP contribution in [0.1, 0.15) is 36.7 Å². The number of benzene rings is 1. The normalized spacial score (nSPS) is 11.9. The van der Waals surface area contributed by atoms with E-state index in [4.69, 9.17) is 21.9 Å². The Morgan fingerprint density at radius 1 is 1.39 bits per heavy atom. The largest absolute Gasteiger partial charge is 0.338 e. The molecule has 0 aliphatic rings. The van der Waals surface area contributed by atoms with E-state index in [0.717, 1.165) is 12.0 Å². The first-order chi connectivity index (χ1) is 8.20. The minimum atomic E-state index is -0.192. The van der Waals surface area contributed by atoms with Crippen LogP contribution in [0.4, 0.5) is 0 Å². The number of rotatable bonds is 4. The summed E-state index contributed by atoms with van der Waals surface area (Å²) in [6, 6.07) is 7.41. The molecule has 0 bridgehead atoms. The van der Waals surface area contributed by atoms with Gasteiger partial charge in [-0.25, -0.2) is 0 Å². The first-order valence-corrected chi connectivity index (χ1v) is 5.90. The number of hydrogen-bond acceptors (Lipinski definition) is 4. The SMILES string of the molecule is CC[C@H](N)c1nc(Cc2ccccc2Cl)no1.Cl. The highest BCUT2D eigenvalue weighted by molar-refractivity contribution is 6.31. The van der Waals surface area contributed by atoms with Crippen LogP contribution < -0.4 is 5.73 Å². The number of hydrogen-bond donors (Lipinski definition) is 1. The standard InChI is InChI=1S/C12H14ClN3O.ClH/c1-2-10(14)12-15-11(16-17-12)7-8-5-3-4-6-9(8)13;/h3-6,10H,2,7,14H2,1H3;1H/t10-;/m0./s1. The predicted octanol–water partition coefficient (Wildman–Crippen LogP) is 3.15. The summed E-state index contributed by atoms with van der Waals surface area (Å²) in [4.78, 5) is 4.26. The Bertz CT molecular complexity index is 502. The summed E-state index contributed by atoms with van der Waals surface area (Å²) in [7, 11) is 0. The molecule has 0 aliphatic carbocycles. The average Bonchev–Trinajstić information content (AvgIpc) is 2.80. The third kappa shape index (κ3) is 3.45. The van der Waals surface area contributed by atoms with Crippen LogP contribution in [0.3, 0.4) is 0 Å². The maximum Gasteiger partial charge on any atom is 0.243 e. The summed E-state index contributed by atoms with van der Waals surface area (Å²) in [6.07, 6.45) is 1.33. The fourth-order valence-corrected chi connectivity index (χ4v) is 1.68. The molecule has 0 radical (unpaired) electrons. The summed E-state index contributed by atoms with van der Waals surface area (Å²) in [6.45, 7) is 1.97. The predicted molar refractivity (Wildman–Crippen MR) is 73.0 cm³/mol. The van der Waals surface area contributed by atoms with E-state index in [0.29, 0.717) is 23.2 Å². The molecule has 0 unspecified atom stereocenters. The van der Waals surface area contributed by atoms with Crippen LogP contribution in [0.15, 0.2) is 28.8 Å². The fraction of sp³-hybridized carbons (Fsp3) is 0.333. The van der Waals surface area contributed by atoms with Gasteiger partial charge in [-0.05, 0) is 18.1 Å². The second-order valence-corrected chi connectivity index (χ2v) is 4.24. The first-order valence-electron chi connectivity index (χ1n) is 5.52. The molecular formula is C12H15Cl2N3O. The summed E-state index contributed by atoms with van der Waals surface area (Å²) in [5.41, 5.74) is 6.79. The molecular weight excluding hydrogens is 273 g/mol. The molecule has 1 aromatic carbocycles. The Labute approximate surface area is 117 Å². The molecule has 1 aromatic heterocycles. The van der Waals surface area contributed by atoms with Gasteiger partial charge in [-0.3, -0.25) is 0 Å². The highest BCUT2D eigenvalue weighted by atomic mass is 35.5. The second kappa shape index (κ2) is 6.73. The van der Waals surface area contributed by atoms with Gasteiger partial charge in [-0.15, -0.1) is 12.4 Å². The zero-order valence-electron chi connectivity index (χ0n) is 9.97. The van der Waals surface area contributed by atoms with Crippen molar-refractivity contribution in [1.29, 1.82) is 0 Å². The quantitative estimate of drug-likeness (QED) is 0.938. The van der Waals surface area contributed by atoms with Crippen molar-refractivity contribution < 1.29 is 4.52 Å². The molecule has 4 nitrogen and oxygen atoms in total. The topological polar surface area (TPSA) is 64.9 Å². The van der Waals surface area contributed by atoms with Crippen LogP contribution in [0.2, 0.25) is 5.02 Å². The van der Waals surface area contributed by atoms with Gasteiger partial charge < -0.3 is 10.3 Å². The van der Waals surface area contributed by atoms with Crippen molar-refractivity contribution in [2.24, 2.45) is 5.73 Å². The third-order valence-electron chi connectivity index (χ3n) is 2.55. The maximum absolute atomic E-state index is 6.06. The summed E-state index contributed by atoms with van der Waals surface area (Å²) in [5.74, 6) is 1.09. The second-order valence-electron chi connectivity index (χ2n) is 3.83. The fourth-order valence-electron chi connectivity index (χ4n) is 1.48. The van der Waals surface area contributed by atoms with Gasteiger partial charge >= 0.3 is 0 Å². The molecule has 0 amide bonds. The lowest BCUT2D eigenvalue weighted by Gasteiger charge is -2.00. The molecule has 0 fully saturated rings. The Kier molecular flexibility index (Phi) is 5.59. The van der Waals surface area contributed by atoms with Crippen LogP contribution in [0.5, 0.6) is 0 Å². The lowest BCUT2D eigenvalue weighted by atomic mass is 10.1. The Balaban J connectivity index is 0.00000162. The highest BCUT2D eigenvalue weighted by Gasteiger charge is 2.13. The van der Waals surface area contributed by atoms with E-state index in [2.05, 4.69) is 10.1 Å². The lowest BCUT2D eigenvalue weighted by molar-refractivity contribution is 0.348. The van der Waals surface area contributed by atoms with Gasteiger partial charge in [0.15, 0.2) is 5.82 Å². The van der Waals surface area contributed by atoms with Crippen LogP contribution in [0, 0.1) is 0 Å². The number of aromatic nitrogens is 2. The van der Waals surface area contributed by atoms with Crippen LogP contribution >= 0.6 is 24.0 Å². The van der Waals surface area contributed by atoms with Crippen molar-refractivity contribution in [1.82, 2.24) is 10.1 Å². The number of halogens is 2. The van der Waals surface area contributed by atoms with E-state index in [-0.39, 0.29) is 18.4 Å². The van der Waals surface area contributed by atoms with E-state index in [1.807, 2.05) is 31.2 Å². The number of nitrogens with two attached hydrogens (primary N) is 1. The van der Waals surface area contributed by atoms with Gasteiger partial charge in [-0.2, -0.15) is 4.98 Å². The third-order valence-corrected chi connectivity index (χ3v) is 2.92. The van der Waals surface area contributed by atoms with E-state index >= 15 is 0 Å². The molecule has 1 heterocycles. The Morgan fingerprint density at radius 2 is 2.11 bits per heavy atom. The van der Waals surface area contributed by atoms with Gasteiger partial charge in [0, 0.05) is 11.4 Å². The first kappa shape index (κ1) is 15.0. The molecule has 98 valence electrons. The minimum absolute atomic E-state index is 0. The molecule has 0 aliphatic heterocycles. The molecule has 0 spiro atoms. The Morgan fingerprint density at radius 3 is 2.78 bits per heavy atom. The smallest absolute Gasteiger partial charge is 0.243 e. The van der Waals surface area contributed by atoms with Crippen molar-refractivity contribution in [3.8, 4) is 0 Å². The number of nitrogens with zero attached hydrogens (tertiary/aromatic N) is 2. The van der Waals surface area contributed by atoms with Crippen LogP contribution in [0.25, 0.3) is 0 Å². The highest BCUT2D eigenvalue weighted by Crippen LogP contribution is 2.18. The van der Waals surface area contributed by atoms with Crippen molar-refractivity contribution in [2.75, 3.05) is 0 Å². The molecule has 0 saturated carbocycles. The van der Waals surface area contributed by atoms with Crippen molar-refractivity contribution in [2.45, 2.75) is 25.8 Å². The van der Waals surface area contributed by atoms with E-state index in [9.17, 15) is 0 Å².